The highest BCUT2D eigenvalue weighted by Gasteiger charge is 2.14. The molecule has 0 bridgehead atoms. The number of carboxylic acid groups (broad SMARTS) is 1. The largest absolute Gasteiger partial charge is 0.478 e. The van der Waals surface area contributed by atoms with E-state index < -0.39 is 5.97 Å². The Balaban J connectivity index is 1.68. The predicted octanol–water partition coefficient (Wildman–Crippen LogP) is 5.17. The lowest BCUT2D eigenvalue weighted by atomic mass is 9.99. The molecule has 0 saturated carbocycles. The molecule has 0 saturated heterocycles. The van der Waals surface area contributed by atoms with E-state index in [0.29, 0.717) is 18.5 Å². The van der Waals surface area contributed by atoms with Gasteiger partial charge in [-0.05, 0) is 41.8 Å². The van der Waals surface area contributed by atoms with Crippen molar-refractivity contribution in [3.63, 3.8) is 0 Å². The third-order valence-electron chi connectivity index (χ3n) is 5.42. The van der Waals surface area contributed by atoms with Gasteiger partial charge < -0.3 is 5.11 Å². The molecular formula is C27H24N2O3. The van der Waals surface area contributed by atoms with Crippen LogP contribution in [0.15, 0.2) is 102 Å². The summed E-state index contributed by atoms with van der Waals surface area (Å²) in [4.78, 5) is 24.7. The first-order valence-electron chi connectivity index (χ1n) is 10.5. The molecule has 0 aliphatic carbocycles. The Hall–Kier alpha value is -4.12. The number of nitrogens with zero attached hydrogens (tertiary/aromatic N) is 2. The van der Waals surface area contributed by atoms with E-state index in [0.717, 1.165) is 22.5 Å². The van der Waals surface area contributed by atoms with Gasteiger partial charge in [0.2, 0.25) is 0 Å². The maximum atomic E-state index is 13.2. The lowest BCUT2D eigenvalue weighted by Gasteiger charge is -2.09. The van der Waals surface area contributed by atoms with Crippen LogP contribution in [0, 0.1) is 0 Å². The second-order valence-electron chi connectivity index (χ2n) is 7.52. The smallest absolute Gasteiger partial charge is 0.336 e. The van der Waals surface area contributed by atoms with Crippen molar-refractivity contribution in [2.24, 2.45) is 0 Å². The molecule has 0 amide bonds. The van der Waals surface area contributed by atoms with Gasteiger partial charge in [-0.25, -0.2) is 9.59 Å². The number of imidazole rings is 1. The quantitative estimate of drug-likeness (QED) is 0.416. The van der Waals surface area contributed by atoms with E-state index in [1.165, 1.54) is 0 Å². The van der Waals surface area contributed by atoms with Gasteiger partial charge in [-0.1, -0.05) is 72.8 Å². The predicted molar refractivity (Wildman–Crippen MR) is 126 cm³/mol. The SMILES string of the molecule is C/C=C/Cc1cn(-c2ccccc2)c(=O)n1Cc1ccc(-c2ccccc2C(=O)O)cc1. The minimum absolute atomic E-state index is 0.0870. The second-order valence-corrected chi connectivity index (χ2v) is 7.52. The van der Waals surface area contributed by atoms with Gasteiger partial charge in [0.1, 0.15) is 0 Å². The van der Waals surface area contributed by atoms with Crippen LogP contribution >= 0.6 is 0 Å². The number of allylic oxidation sites excluding steroid dienone is 2. The van der Waals surface area contributed by atoms with Crippen molar-refractivity contribution in [3.8, 4) is 16.8 Å². The number of hydrogen-bond donors (Lipinski definition) is 1. The van der Waals surface area contributed by atoms with Crippen molar-refractivity contribution < 1.29 is 9.90 Å². The van der Waals surface area contributed by atoms with E-state index in [1.54, 1.807) is 27.3 Å². The van der Waals surface area contributed by atoms with Crippen LogP contribution < -0.4 is 5.69 Å². The Morgan fingerprint density at radius 1 is 0.938 bits per heavy atom. The first kappa shape index (κ1) is 21.1. The molecule has 0 spiro atoms. The highest BCUT2D eigenvalue weighted by molar-refractivity contribution is 5.95. The fourth-order valence-electron chi connectivity index (χ4n) is 3.76. The lowest BCUT2D eigenvalue weighted by Crippen LogP contribution is -2.24. The first-order chi connectivity index (χ1) is 15.6. The normalized spacial score (nSPS) is 11.2. The van der Waals surface area contributed by atoms with Crippen LogP contribution in [-0.2, 0) is 13.0 Å². The highest BCUT2D eigenvalue weighted by atomic mass is 16.4. The molecule has 5 heteroatoms. The van der Waals surface area contributed by atoms with Crippen LogP contribution in [0.4, 0.5) is 0 Å². The number of aromatic carboxylic acids is 1. The average molecular weight is 425 g/mol. The van der Waals surface area contributed by atoms with E-state index >= 15 is 0 Å². The lowest BCUT2D eigenvalue weighted by molar-refractivity contribution is 0.0697. The Morgan fingerprint density at radius 3 is 2.31 bits per heavy atom. The standard InChI is InChI=1S/C27H24N2O3/c1-2-3-9-23-19-29(22-10-5-4-6-11-22)27(32)28(23)18-20-14-16-21(17-15-20)24-12-7-8-13-25(24)26(30)31/h2-8,10-17,19H,9,18H2,1H3,(H,30,31)/b3-2+. The summed E-state index contributed by atoms with van der Waals surface area (Å²) in [5, 5.41) is 9.46. The summed E-state index contributed by atoms with van der Waals surface area (Å²) in [6.07, 6.45) is 6.57. The zero-order chi connectivity index (χ0) is 22.5. The molecule has 0 aliphatic rings. The second kappa shape index (κ2) is 9.35. The molecule has 4 aromatic rings. The molecular weight excluding hydrogens is 400 g/mol. The molecule has 1 N–H and O–H groups in total. The molecule has 0 fully saturated rings. The fraction of sp³-hybridized carbons (Fsp3) is 0.111. The maximum absolute atomic E-state index is 13.2. The van der Waals surface area contributed by atoms with Crippen LogP contribution in [0.25, 0.3) is 16.8 Å². The zero-order valence-corrected chi connectivity index (χ0v) is 17.8. The van der Waals surface area contributed by atoms with E-state index in [1.807, 2.05) is 85.9 Å². The van der Waals surface area contributed by atoms with E-state index in [2.05, 4.69) is 0 Å². The number of benzene rings is 3. The van der Waals surface area contributed by atoms with Gasteiger partial charge in [-0.2, -0.15) is 0 Å². The molecule has 3 aromatic carbocycles. The van der Waals surface area contributed by atoms with Gasteiger partial charge in [-0.3, -0.25) is 9.13 Å². The molecule has 4 rings (SSSR count). The molecule has 32 heavy (non-hydrogen) atoms. The molecule has 5 nitrogen and oxygen atoms in total. The maximum Gasteiger partial charge on any atom is 0.336 e. The van der Waals surface area contributed by atoms with Crippen LogP contribution in [0.1, 0.15) is 28.5 Å². The molecule has 160 valence electrons. The topological polar surface area (TPSA) is 64.2 Å². The fourth-order valence-corrected chi connectivity index (χ4v) is 3.76. The van der Waals surface area contributed by atoms with Gasteiger partial charge in [0.05, 0.1) is 17.8 Å². The van der Waals surface area contributed by atoms with Crippen molar-refractivity contribution >= 4 is 5.97 Å². The van der Waals surface area contributed by atoms with Crippen LogP contribution in [-0.4, -0.2) is 20.2 Å². The van der Waals surface area contributed by atoms with Gasteiger partial charge in [0.25, 0.3) is 0 Å². The van der Waals surface area contributed by atoms with E-state index in [9.17, 15) is 14.7 Å². The molecule has 1 heterocycles. The summed E-state index contributed by atoms with van der Waals surface area (Å²) in [5.74, 6) is -0.952. The Morgan fingerprint density at radius 2 is 1.62 bits per heavy atom. The Labute approximate surface area is 186 Å². The van der Waals surface area contributed by atoms with Crippen molar-refractivity contribution in [2.45, 2.75) is 19.9 Å². The average Bonchev–Trinajstić information content (AvgIpc) is 3.14. The van der Waals surface area contributed by atoms with Crippen LogP contribution in [0.2, 0.25) is 0 Å². The molecule has 0 aliphatic heterocycles. The Bertz CT molecular complexity index is 1310. The summed E-state index contributed by atoms with van der Waals surface area (Å²) < 4.78 is 3.46. The number of para-hydroxylation sites is 1. The van der Waals surface area contributed by atoms with Gasteiger partial charge >= 0.3 is 11.7 Å². The number of carbonyl (C=O) groups is 1. The molecule has 0 atom stereocenters. The van der Waals surface area contributed by atoms with Gasteiger partial charge in [0, 0.05) is 18.3 Å². The summed E-state index contributed by atoms with van der Waals surface area (Å²) in [6, 6.07) is 24.2. The summed E-state index contributed by atoms with van der Waals surface area (Å²) in [7, 11) is 0. The van der Waals surface area contributed by atoms with Crippen molar-refractivity contribution in [1.82, 2.24) is 9.13 Å². The number of rotatable bonds is 7. The summed E-state index contributed by atoms with van der Waals surface area (Å²) >= 11 is 0. The van der Waals surface area contributed by atoms with Gasteiger partial charge in [0.15, 0.2) is 0 Å². The molecule has 1 aromatic heterocycles. The zero-order valence-electron chi connectivity index (χ0n) is 17.8. The van der Waals surface area contributed by atoms with E-state index in [-0.39, 0.29) is 11.3 Å². The van der Waals surface area contributed by atoms with Crippen LogP contribution in [0.3, 0.4) is 0 Å². The third-order valence-corrected chi connectivity index (χ3v) is 5.42. The number of hydrogen-bond acceptors (Lipinski definition) is 2. The monoisotopic (exact) mass is 424 g/mol. The number of carboxylic acids is 1. The highest BCUT2D eigenvalue weighted by Crippen LogP contribution is 2.24. The van der Waals surface area contributed by atoms with E-state index in [4.69, 9.17) is 0 Å². The number of aromatic nitrogens is 2. The Kier molecular flexibility index (Phi) is 6.17. The van der Waals surface area contributed by atoms with Crippen LogP contribution in [0.5, 0.6) is 0 Å². The first-order valence-corrected chi connectivity index (χ1v) is 10.5. The summed E-state index contributed by atoms with van der Waals surface area (Å²) in [6.45, 7) is 2.40. The summed E-state index contributed by atoms with van der Waals surface area (Å²) in [5.41, 5.74) is 4.41. The van der Waals surface area contributed by atoms with Crippen molar-refractivity contribution in [1.29, 1.82) is 0 Å². The third kappa shape index (κ3) is 4.32. The molecule has 0 unspecified atom stereocenters. The van der Waals surface area contributed by atoms with Crippen molar-refractivity contribution in [2.75, 3.05) is 0 Å². The minimum atomic E-state index is -0.952. The minimum Gasteiger partial charge on any atom is -0.478 e. The molecule has 0 radical (unpaired) electrons. The van der Waals surface area contributed by atoms with Gasteiger partial charge in [-0.15, -0.1) is 0 Å². The van der Waals surface area contributed by atoms with Crippen molar-refractivity contribution in [3.05, 3.63) is 125 Å².